The summed E-state index contributed by atoms with van der Waals surface area (Å²) in [5.41, 5.74) is -0.505. The monoisotopic (exact) mass is 198 g/mol. The van der Waals surface area contributed by atoms with Gasteiger partial charge in [0, 0.05) is 13.2 Å². The molecule has 0 aromatic rings. The maximum absolute atomic E-state index is 11.5. The Morgan fingerprint density at radius 3 is 2.79 bits per heavy atom. The van der Waals surface area contributed by atoms with Crippen molar-refractivity contribution in [2.24, 2.45) is 0 Å². The van der Waals surface area contributed by atoms with E-state index in [2.05, 4.69) is 10.6 Å². The van der Waals surface area contributed by atoms with E-state index in [-0.39, 0.29) is 11.4 Å². The van der Waals surface area contributed by atoms with Crippen molar-refractivity contribution in [1.82, 2.24) is 10.6 Å². The van der Waals surface area contributed by atoms with Gasteiger partial charge in [-0.2, -0.15) is 0 Å². The van der Waals surface area contributed by atoms with Crippen LogP contribution < -0.4 is 10.6 Å². The topological polar surface area (TPSA) is 50.4 Å². The summed E-state index contributed by atoms with van der Waals surface area (Å²) >= 11 is 0. The van der Waals surface area contributed by atoms with E-state index in [9.17, 15) is 4.79 Å². The van der Waals surface area contributed by atoms with Gasteiger partial charge in [-0.3, -0.25) is 10.1 Å². The van der Waals surface area contributed by atoms with Crippen LogP contribution in [0.1, 0.15) is 26.7 Å². The lowest BCUT2D eigenvalue weighted by Crippen LogP contribution is -2.73. The summed E-state index contributed by atoms with van der Waals surface area (Å²) in [6, 6.07) is 0. The molecule has 1 unspecified atom stereocenters. The first-order chi connectivity index (χ1) is 6.54. The van der Waals surface area contributed by atoms with Gasteiger partial charge < -0.3 is 10.1 Å². The summed E-state index contributed by atoms with van der Waals surface area (Å²) in [5.74, 6) is 0.0775. The fraction of sp³-hybridized carbons (Fsp3) is 0.900. The molecule has 0 aliphatic carbocycles. The van der Waals surface area contributed by atoms with Gasteiger partial charge in [-0.05, 0) is 26.7 Å². The molecule has 14 heavy (non-hydrogen) atoms. The molecule has 2 aliphatic rings. The zero-order chi connectivity index (χ0) is 10.2. The number of hydrogen-bond donors (Lipinski definition) is 2. The largest absolute Gasteiger partial charge is 0.379 e. The van der Waals surface area contributed by atoms with Crippen molar-refractivity contribution in [3.63, 3.8) is 0 Å². The van der Waals surface area contributed by atoms with Crippen LogP contribution in [-0.2, 0) is 9.53 Å². The zero-order valence-electron chi connectivity index (χ0n) is 8.85. The number of ether oxygens (including phenoxy) is 1. The standard InChI is InChI=1S/C10H18N2O2/c1-9(2)8(13)11-6-10(12-9)4-3-5-14-7-10/h12H,3-7H2,1-2H3,(H,11,13). The summed E-state index contributed by atoms with van der Waals surface area (Å²) in [4.78, 5) is 11.5. The van der Waals surface area contributed by atoms with E-state index < -0.39 is 5.54 Å². The van der Waals surface area contributed by atoms with Gasteiger partial charge in [0.25, 0.3) is 0 Å². The normalized spacial score (nSPS) is 36.9. The summed E-state index contributed by atoms with van der Waals surface area (Å²) in [7, 11) is 0. The zero-order valence-corrected chi connectivity index (χ0v) is 8.85. The third-order valence-corrected chi connectivity index (χ3v) is 3.06. The van der Waals surface area contributed by atoms with Gasteiger partial charge in [-0.15, -0.1) is 0 Å². The van der Waals surface area contributed by atoms with Gasteiger partial charge in [0.15, 0.2) is 0 Å². The molecule has 0 aromatic carbocycles. The lowest BCUT2D eigenvalue weighted by molar-refractivity contribution is -0.132. The SMILES string of the molecule is CC1(C)NC2(CCCOC2)CNC1=O. The Hall–Kier alpha value is -0.610. The second kappa shape index (κ2) is 3.21. The molecule has 1 atom stereocenters. The average Bonchev–Trinajstić information content (AvgIpc) is 2.13. The van der Waals surface area contributed by atoms with Crippen molar-refractivity contribution in [2.45, 2.75) is 37.8 Å². The lowest BCUT2D eigenvalue weighted by atomic mass is 9.85. The fourth-order valence-corrected chi connectivity index (χ4v) is 2.32. The highest BCUT2D eigenvalue weighted by Crippen LogP contribution is 2.24. The van der Waals surface area contributed by atoms with E-state index in [1.165, 1.54) is 0 Å². The van der Waals surface area contributed by atoms with Gasteiger partial charge in [0.05, 0.1) is 17.7 Å². The van der Waals surface area contributed by atoms with Crippen molar-refractivity contribution >= 4 is 5.91 Å². The van der Waals surface area contributed by atoms with Crippen LogP contribution in [0.3, 0.4) is 0 Å². The first-order valence-corrected chi connectivity index (χ1v) is 5.20. The van der Waals surface area contributed by atoms with Crippen LogP contribution in [0, 0.1) is 0 Å². The molecule has 2 rings (SSSR count). The van der Waals surface area contributed by atoms with E-state index in [0.29, 0.717) is 13.2 Å². The maximum atomic E-state index is 11.5. The van der Waals surface area contributed by atoms with Crippen LogP contribution in [0.25, 0.3) is 0 Å². The third-order valence-electron chi connectivity index (χ3n) is 3.06. The van der Waals surface area contributed by atoms with E-state index >= 15 is 0 Å². The predicted molar refractivity (Wildman–Crippen MR) is 53.0 cm³/mol. The number of amides is 1. The van der Waals surface area contributed by atoms with Crippen molar-refractivity contribution in [1.29, 1.82) is 0 Å². The number of carbonyl (C=O) groups excluding carboxylic acids is 1. The maximum Gasteiger partial charge on any atom is 0.239 e. The summed E-state index contributed by atoms with van der Waals surface area (Å²) in [6.45, 7) is 6.07. The molecule has 2 fully saturated rings. The Morgan fingerprint density at radius 2 is 2.21 bits per heavy atom. The van der Waals surface area contributed by atoms with Crippen molar-refractivity contribution in [3.05, 3.63) is 0 Å². The fourth-order valence-electron chi connectivity index (χ4n) is 2.32. The summed E-state index contributed by atoms with van der Waals surface area (Å²) in [6.07, 6.45) is 2.15. The first-order valence-electron chi connectivity index (χ1n) is 5.20. The molecule has 2 aliphatic heterocycles. The smallest absolute Gasteiger partial charge is 0.239 e. The third kappa shape index (κ3) is 1.64. The quantitative estimate of drug-likeness (QED) is 0.577. The van der Waals surface area contributed by atoms with E-state index in [1.807, 2.05) is 13.8 Å². The summed E-state index contributed by atoms with van der Waals surface area (Å²) in [5, 5.41) is 6.37. The van der Waals surface area contributed by atoms with Gasteiger partial charge in [-0.1, -0.05) is 0 Å². The molecular weight excluding hydrogens is 180 g/mol. The molecule has 0 saturated carbocycles. The second-order valence-electron chi connectivity index (χ2n) is 4.87. The molecule has 2 heterocycles. The van der Waals surface area contributed by atoms with Gasteiger partial charge in [0.1, 0.15) is 0 Å². The molecule has 0 bridgehead atoms. The Bertz CT molecular complexity index is 245. The molecule has 2 N–H and O–H groups in total. The molecule has 0 aromatic heterocycles. The Labute approximate surface area is 84.4 Å². The Balaban J connectivity index is 2.11. The number of nitrogens with one attached hydrogen (secondary N) is 2. The van der Waals surface area contributed by atoms with Crippen LogP contribution in [0.5, 0.6) is 0 Å². The minimum atomic E-state index is -0.473. The van der Waals surface area contributed by atoms with Crippen LogP contribution in [0.2, 0.25) is 0 Å². The van der Waals surface area contributed by atoms with E-state index in [4.69, 9.17) is 4.74 Å². The molecule has 80 valence electrons. The number of carbonyl (C=O) groups is 1. The molecular formula is C10H18N2O2. The van der Waals surface area contributed by atoms with Crippen molar-refractivity contribution in [3.8, 4) is 0 Å². The highest BCUT2D eigenvalue weighted by molar-refractivity contribution is 5.86. The predicted octanol–water partition coefficient (Wildman–Crippen LogP) is 0.0336. The second-order valence-corrected chi connectivity index (χ2v) is 4.87. The van der Waals surface area contributed by atoms with E-state index in [0.717, 1.165) is 19.4 Å². The highest BCUT2D eigenvalue weighted by Gasteiger charge is 2.44. The number of rotatable bonds is 0. The number of hydrogen-bond acceptors (Lipinski definition) is 3. The first kappa shape index (κ1) is 9.93. The van der Waals surface area contributed by atoms with Gasteiger partial charge in [-0.25, -0.2) is 0 Å². The van der Waals surface area contributed by atoms with Crippen LogP contribution in [-0.4, -0.2) is 36.7 Å². The van der Waals surface area contributed by atoms with Crippen molar-refractivity contribution < 1.29 is 9.53 Å². The van der Waals surface area contributed by atoms with Crippen LogP contribution in [0.4, 0.5) is 0 Å². The minimum absolute atomic E-state index is 0.0321. The molecule has 4 heteroatoms. The summed E-state index contributed by atoms with van der Waals surface area (Å²) < 4.78 is 5.48. The Kier molecular flexibility index (Phi) is 2.27. The molecule has 1 amide bonds. The lowest BCUT2D eigenvalue weighted by Gasteiger charge is -2.47. The highest BCUT2D eigenvalue weighted by atomic mass is 16.5. The van der Waals surface area contributed by atoms with Crippen LogP contribution >= 0.6 is 0 Å². The van der Waals surface area contributed by atoms with Gasteiger partial charge >= 0.3 is 0 Å². The molecule has 2 saturated heterocycles. The average molecular weight is 198 g/mol. The molecule has 1 spiro atoms. The molecule has 0 radical (unpaired) electrons. The number of piperazine rings is 1. The van der Waals surface area contributed by atoms with Crippen LogP contribution in [0.15, 0.2) is 0 Å². The Morgan fingerprint density at radius 1 is 1.43 bits per heavy atom. The van der Waals surface area contributed by atoms with E-state index in [1.54, 1.807) is 0 Å². The minimum Gasteiger partial charge on any atom is -0.379 e. The van der Waals surface area contributed by atoms with Gasteiger partial charge in [0.2, 0.25) is 5.91 Å². The van der Waals surface area contributed by atoms with Crippen molar-refractivity contribution in [2.75, 3.05) is 19.8 Å². The molecule has 4 nitrogen and oxygen atoms in total.